The summed E-state index contributed by atoms with van der Waals surface area (Å²) in [5.74, 6) is 0.352. The zero-order valence-electron chi connectivity index (χ0n) is 9.17. The molecule has 0 unspecified atom stereocenters. The van der Waals surface area contributed by atoms with E-state index in [-0.39, 0.29) is 0 Å². The molecule has 6 heteroatoms. The maximum atomic E-state index is 5.61. The van der Waals surface area contributed by atoms with Gasteiger partial charge in [-0.1, -0.05) is 23.3 Å². The van der Waals surface area contributed by atoms with Crippen molar-refractivity contribution in [1.82, 2.24) is 25.2 Å². The molecule has 3 rings (SSSR count). The van der Waals surface area contributed by atoms with Crippen molar-refractivity contribution >= 4 is 16.9 Å². The number of aromatic amines is 1. The Morgan fingerprint density at radius 1 is 1.29 bits per heavy atom. The number of tetrazole rings is 1. The van der Waals surface area contributed by atoms with Crippen molar-refractivity contribution in [2.45, 2.75) is 13.0 Å². The molecule has 0 bridgehead atoms. The Hall–Kier alpha value is -2.37. The van der Waals surface area contributed by atoms with Gasteiger partial charge in [0.1, 0.15) is 0 Å². The lowest BCUT2D eigenvalue weighted by atomic mass is 10.1. The predicted molar refractivity (Wildman–Crippen MR) is 64.2 cm³/mol. The minimum atomic E-state index is 0.352. The lowest BCUT2D eigenvalue weighted by Gasteiger charge is -2.00. The zero-order chi connectivity index (χ0) is 11.7. The van der Waals surface area contributed by atoms with E-state index < -0.39 is 0 Å². The second-order valence-corrected chi connectivity index (χ2v) is 3.87. The van der Waals surface area contributed by atoms with E-state index in [2.05, 4.69) is 32.6 Å². The van der Waals surface area contributed by atoms with Crippen LogP contribution in [0, 0.1) is 0 Å². The molecule has 3 aromatic rings. The molecule has 6 nitrogen and oxygen atoms in total. The molecule has 2 heterocycles. The second kappa shape index (κ2) is 3.89. The van der Waals surface area contributed by atoms with Gasteiger partial charge in [-0.3, -0.25) is 0 Å². The Balaban J connectivity index is 1.84. The maximum Gasteiger partial charge on any atom is 0.240 e. The van der Waals surface area contributed by atoms with Gasteiger partial charge < -0.3 is 10.7 Å². The van der Waals surface area contributed by atoms with Crippen LogP contribution in [-0.2, 0) is 13.0 Å². The first-order chi connectivity index (χ1) is 8.34. The summed E-state index contributed by atoms with van der Waals surface area (Å²) in [5, 5.41) is 12.2. The monoisotopic (exact) mass is 228 g/mol. The molecule has 2 aromatic heterocycles. The number of nitrogens with one attached hydrogen (secondary N) is 1. The van der Waals surface area contributed by atoms with Crippen LogP contribution >= 0.6 is 0 Å². The number of fused-ring (bicyclic) bond motifs is 1. The fourth-order valence-electron chi connectivity index (χ4n) is 1.94. The summed E-state index contributed by atoms with van der Waals surface area (Å²) in [6.07, 6.45) is 2.87. The number of nitrogens with two attached hydrogens (primary N) is 1. The highest BCUT2D eigenvalue weighted by Crippen LogP contribution is 2.18. The predicted octanol–water partition coefficient (Wildman–Crippen LogP) is 0.979. The molecular weight excluding hydrogens is 216 g/mol. The van der Waals surface area contributed by atoms with E-state index in [4.69, 9.17) is 5.73 Å². The van der Waals surface area contributed by atoms with E-state index >= 15 is 0 Å². The number of para-hydroxylation sites is 1. The van der Waals surface area contributed by atoms with Gasteiger partial charge in [-0.25, -0.2) is 4.68 Å². The topological polar surface area (TPSA) is 85.4 Å². The third kappa shape index (κ3) is 1.73. The van der Waals surface area contributed by atoms with Gasteiger partial charge in [0, 0.05) is 17.1 Å². The number of nitrogens with zero attached hydrogens (tertiary/aromatic N) is 4. The third-order valence-corrected chi connectivity index (χ3v) is 2.83. The van der Waals surface area contributed by atoms with Crippen LogP contribution in [0.2, 0.25) is 0 Å². The number of H-pyrrole nitrogens is 1. The van der Waals surface area contributed by atoms with E-state index in [0.29, 0.717) is 12.5 Å². The summed E-state index contributed by atoms with van der Waals surface area (Å²) in [4.78, 5) is 3.24. The highest BCUT2D eigenvalue weighted by atomic mass is 15.6. The van der Waals surface area contributed by atoms with Crippen molar-refractivity contribution in [3.63, 3.8) is 0 Å². The standard InChI is InChI=1S/C11H12N6/c12-11-14-15-16-17(11)6-5-8-7-13-10-4-2-1-3-9(8)10/h1-4,7,13H,5-6H2,(H2,12,14,16). The molecule has 86 valence electrons. The smallest absolute Gasteiger partial charge is 0.240 e. The molecule has 0 saturated carbocycles. The van der Waals surface area contributed by atoms with Crippen LogP contribution in [0.3, 0.4) is 0 Å². The lowest BCUT2D eigenvalue weighted by molar-refractivity contribution is 0.597. The maximum absolute atomic E-state index is 5.61. The Morgan fingerprint density at radius 3 is 3.00 bits per heavy atom. The number of hydrogen-bond acceptors (Lipinski definition) is 4. The Kier molecular flexibility index (Phi) is 2.25. The molecule has 0 aliphatic carbocycles. The van der Waals surface area contributed by atoms with E-state index in [1.807, 2.05) is 18.3 Å². The summed E-state index contributed by atoms with van der Waals surface area (Å²) in [6, 6.07) is 8.21. The molecule has 3 N–H and O–H groups in total. The molecule has 0 aliphatic rings. The molecule has 0 amide bonds. The number of hydrogen-bond donors (Lipinski definition) is 2. The highest BCUT2D eigenvalue weighted by molar-refractivity contribution is 5.82. The summed E-state index contributed by atoms with van der Waals surface area (Å²) in [7, 11) is 0. The van der Waals surface area contributed by atoms with E-state index in [0.717, 1.165) is 11.9 Å². The van der Waals surface area contributed by atoms with E-state index in [1.54, 1.807) is 4.68 Å². The summed E-state index contributed by atoms with van der Waals surface area (Å²) >= 11 is 0. The van der Waals surface area contributed by atoms with Crippen LogP contribution < -0.4 is 5.73 Å². The van der Waals surface area contributed by atoms with Gasteiger partial charge in [0.15, 0.2) is 0 Å². The molecule has 0 saturated heterocycles. The van der Waals surface area contributed by atoms with Crippen molar-refractivity contribution in [3.05, 3.63) is 36.0 Å². The summed E-state index contributed by atoms with van der Waals surface area (Å²) in [5.41, 5.74) is 8.00. The van der Waals surface area contributed by atoms with Crippen molar-refractivity contribution in [2.24, 2.45) is 0 Å². The molecule has 0 spiro atoms. The van der Waals surface area contributed by atoms with Crippen LogP contribution in [0.1, 0.15) is 5.56 Å². The van der Waals surface area contributed by atoms with Gasteiger partial charge in [0.25, 0.3) is 0 Å². The fourth-order valence-corrected chi connectivity index (χ4v) is 1.94. The Bertz CT molecular complexity index is 638. The van der Waals surface area contributed by atoms with Gasteiger partial charge in [-0.05, 0) is 28.5 Å². The minimum absolute atomic E-state index is 0.352. The molecule has 0 radical (unpaired) electrons. The second-order valence-electron chi connectivity index (χ2n) is 3.87. The van der Waals surface area contributed by atoms with Crippen molar-refractivity contribution in [1.29, 1.82) is 0 Å². The van der Waals surface area contributed by atoms with Gasteiger partial charge >= 0.3 is 0 Å². The number of nitrogen functional groups attached to an aromatic ring is 1. The third-order valence-electron chi connectivity index (χ3n) is 2.83. The van der Waals surface area contributed by atoms with Gasteiger partial charge in [0.2, 0.25) is 5.95 Å². The van der Waals surface area contributed by atoms with Gasteiger partial charge in [-0.2, -0.15) is 0 Å². The van der Waals surface area contributed by atoms with Crippen LogP contribution in [0.25, 0.3) is 10.9 Å². The van der Waals surface area contributed by atoms with E-state index in [9.17, 15) is 0 Å². The largest absolute Gasteiger partial charge is 0.367 e. The number of anilines is 1. The van der Waals surface area contributed by atoms with E-state index in [1.165, 1.54) is 10.9 Å². The molecule has 1 aromatic carbocycles. The van der Waals surface area contributed by atoms with Crippen LogP contribution in [-0.4, -0.2) is 25.2 Å². The summed E-state index contributed by atoms with van der Waals surface area (Å²) in [6.45, 7) is 0.681. The lowest BCUT2D eigenvalue weighted by Crippen LogP contribution is -2.07. The first-order valence-electron chi connectivity index (χ1n) is 5.41. The van der Waals surface area contributed by atoms with Crippen LogP contribution in [0.15, 0.2) is 30.5 Å². The van der Waals surface area contributed by atoms with Crippen molar-refractivity contribution in [2.75, 3.05) is 5.73 Å². The molecule has 0 aliphatic heterocycles. The molecule has 0 fully saturated rings. The number of rotatable bonds is 3. The normalized spacial score (nSPS) is 11.1. The SMILES string of the molecule is Nc1nnnn1CCc1c[nH]c2ccccc12. The van der Waals surface area contributed by atoms with Crippen molar-refractivity contribution in [3.8, 4) is 0 Å². The number of aryl methyl sites for hydroxylation is 2. The molecular formula is C11H12N6. The zero-order valence-corrected chi connectivity index (χ0v) is 9.17. The van der Waals surface area contributed by atoms with Crippen LogP contribution in [0.4, 0.5) is 5.95 Å². The van der Waals surface area contributed by atoms with Crippen LogP contribution in [0.5, 0.6) is 0 Å². The van der Waals surface area contributed by atoms with Gasteiger partial charge in [-0.15, -0.1) is 0 Å². The Labute approximate surface area is 97.4 Å². The number of aromatic nitrogens is 5. The highest BCUT2D eigenvalue weighted by Gasteiger charge is 2.05. The quantitative estimate of drug-likeness (QED) is 0.699. The molecule has 17 heavy (non-hydrogen) atoms. The van der Waals surface area contributed by atoms with Gasteiger partial charge in [0.05, 0.1) is 6.54 Å². The van der Waals surface area contributed by atoms with Crippen molar-refractivity contribution < 1.29 is 0 Å². The first kappa shape index (κ1) is 9.83. The minimum Gasteiger partial charge on any atom is -0.367 e. The summed E-state index contributed by atoms with van der Waals surface area (Å²) < 4.78 is 1.60. The number of benzene rings is 1. The average Bonchev–Trinajstić information content (AvgIpc) is 2.93. The first-order valence-corrected chi connectivity index (χ1v) is 5.41. The Morgan fingerprint density at radius 2 is 2.18 bits per heavy atom. The fraction of sp³-hybridized carbons (Fsp3) is 0.182. The molecule has 0 atom stereocenters. The average molecular weight is 228 g/mol.